The minimum absolute atomic E-state index is 0. The molecule has 6 aliphatic heterocycles. The first-order valence-electron chi connectivity index (χ1n) is 36.5. The Balaban J connectivity index is -0.00000149. The van der Waals surface area contributed by atoms with Gasteiger partial charge in [-0.05, 0) is 121 Å². The maximum Gasteiger partial charge on any atom is 1.00 e. The fraction of sp³-hybridized carbons (Fsp3) is 0.310. The van der Waals surface area contributed by atoms with Crippen molar-refractivity contribution in [2.24, 2.45) is 0 Å². The molecule has 6 aliphatic rings. The van der Waals surface area contributed by atoms with Gasteiger partial charge >= 0.3 is 102 Å². The molecule has 0 saturated carbocycles. The zero-order valence-electron chi connectivity index (χ0n) is 70.7. The van der Waals surface area contributed by atoms with Crippen LogP contribution in [0, 0.1) is 45.3 Å². The molecule has 6 fully saturated rings. The van der Waals surface area contributed by atoms with Gasteiger partial charge in [0.2, 0.25) is 0 Å². The van der Waals surface area contributed by atoms with Gasteiger partial charge in [0.25, 0.3) is 0 Å². The van der Waals surface area contributed by atoms with Gasteiger partial charge in [-0.3, -0.25) is 9.80 Å². The SMILES string of the molecule is CC#N.CC#N.CC#N.CC#N.COc1ccccc1OP(Oc1ccccc1OC)N(c1ccc(N(P(Oc2ccccc2OC)Oc2ccccc2OC)P(Oc2ccccc2OC)Oc2ccccc2OC)cc1)P(Oc1ccccc1OC)Oc1ccccc1OC.ClC[N+]12CCN(CC1)CC2.ClC[N+]12CCN(CC1)CC2.[Cu+].[Cu+].[Cu+].[Cu+].[I-].[I-].[I-].[I-].[I-].[I-]. The zero-order valence-corrected chi connectivity index (χ0v) is 92.5. The molecule has 0 aromatic heterocycles. The van der Waals surface area contributed by atoms with Gasteiger partial charge in [0.05, 0.1) is 132 Å². The number of fused-ring (bicyclic) bond motifs is 6. The normalized spacial score (nSPS) is 14.7. The van der Waals surface area contributed by atoms with E-state index in [1.54, 1.807) is 187 Å². The molecule has 6 saturated heterocycles. The van der Waals surface area contributed by atoms with Crippen molar-refractivity contribution in [2.45, 2.75) is 27.7 Å². The Morgan fingerprint density at radius 3 is 0.484 bits per heavy atom. The van der Waals surface area contributed by atoms with Crippen molar-refractivity contribution in [3.63, 3.8) is 0 Å². The maximum absolute atomic E-state index is 7.32. The molecule has 0 unspecified atom stereocenters. The van der Waals surface area contributed by atoms with Crippen LogP contribution < -0.4 is 227 Å². The van der Waals surface area contributed by atoms with Gasteiger partial charge in [-0.2, -0.15) is 29.9 Å². The molecule has 42 heteroatoms. The number of benzene rings is 9. The van der Waals surface area contributed by atoms with Crippen molar-refractivity contribution in [1.29, 1.82) is 21.0 Å². The van der Waals surface area contributed by atoms with Gasteiger partial charge in [-0.25, -0.2) is 0 Å². The topological polar surface area (TPSA) is 256 Å². The van der Waals surface area contributed by atoms with Gasteiger partial charge < -0.3 is 227 Å². The van der Waals surface area contributed by atoms with Crippen LogP contribution >= 0.6 is 57.3 Å². The van der Waals surface area contributed by atoms with Gasteiger partial charge in [0.15, 0.2) is 104 Å². The van der Waals surface area contributed by atoms with Gasteiger partial charge in [0, 0.05) is 67.0 Å². The van der Waals surface area contributed by atoms with E-state index in [1.165, 1.54) is 115 Å². The number of alkyl halides is 2. The van der Waals surface area contributed by atoms with E-state index < -0.39 is 34.1 Å². The first-order valence-corrected chi connectivity index (χ1v) is 42.1. The van der Waals surface area contributed by atoms with Crippen LogP contribution in [0.5, 0.6) is 92.0 Å². The first kappa shape index (κ1) is 128. The number of halogens is 8. The third-order valence-corrected chi connectivity index (χ3v) is 25.5. The molecule has 0 radical (unpaired) electrons. The molecular weight excluding hydrogens is 2620 g/mol. The number of nitrogens with zero attached hydrogens (tertiary/aromatic N) is 10. The van der Waals surface area contributed by atoms with Gasteiger partial charge in [-0.15, -0.1) is 0 Å². The second-order valence-corrected chi connectivity index (χ2v) is 30.9. The van der Waals surface area contributed by atoms with E-state index in [4.69, 9.17) is 118 Å². The smallest absolute Gasteiger partial charge is 1.00 e. The predicted molar refractivity (Wildman–Crippen MR) is 457 cm³/mol. The minimum atomic E-state index is -2.45. The molecule has 0 N–H and O–H groups in total. The molecule has 126 heavy (non-hydrogen) atoms. The summed E-state index contributed by atoms with van der Waals surface area (Å²) in [5.74, 6) is 6.19. The summed E-state index contributed by atoms with van der Waals surface area (Å²) >= 11 is 11.8. The predicted octanol–water partition coefficient (Wildman–Crippen LogP) is 1.70. The number of methoxy groups -OCH3 is 8. The third-order valence-electron chi connectivity index (χ3n) is 17.7. The van der Waals surface area contributed by atoms with Crippen molar-refractivity contribution in [2.75, 3.05) is 156 Å². The number of hydrogen-bond acceptors (Lipinski definition) is 24. The largest absolute Gasteiger partial charge is 1.00 e. The maximum atomic E-state index is 7.32. The average molecular weight is 2720 g/mol. The van der Waals surface area contributed by atoms with E-state index in [9.17, 15) is 0 Å². The van der Waals surface area contributed by atoms with Crippen LogP contribution in [0.2, 0.25) is 0 Å². The van der Waals surface area contributed by atoms with Crippen molar-refractivity contribution < 1.29 is 295 Å². The molecule has 702 valence electrons. The Kier molecular flexibility index (Phi) is 72.8. The zero-order chi connectivity index (χ0) is 83.5. The van der Waals surface area contributed by atoms with Crippen LogP contribution in [0.1, 0.15) is 27.7 Å². The fourth-order valence-corrected chi connectivity index (χ4v) is 18.8. The average Bonchev–Trinajstić information content (AvgIpc) is 0.776. The number of ether oxygens (including phenoxy) is 8. The molecule has 9 aromatic carbocycles. The summed E-state index contributed by atoms with van der Waals surface area (Å²) < 4.78 is 110. The summed E-state index contributed by atoms with van der Waals surface area (Å²) in [4.78, 5) is 5.07. The Hall–Kier alpha value is -4.06. The second kappa shape index (κ2) is 71.5. The van der Waals surface area contributed by atoms with Crippen molar-refractivity contribution in [3.05, 3.63) is 218 Å². The van der Waals surface area contributed by atoms with E-state index in [1.807, 2.05) is 121 Å². The van der Waals surface area contributed by atoms with Gasteiger partial charge in [0.1, 0.15) is 0 Å². The van der Waals surface area contributed by atoms with Crippen molar-refractivity contribution >= 4 is 68.7 Å². The van der Waals surface area contributed by atoms with E-state index in [-0.39, 0.29) is 212 Å². The fourth-order valence-electron chi connectivity index (χ4n) is 11.6. The quantitative estimate of drug-likeness (QED) is 0.0145. The minimum Gasteiger partial charge on any atom is -1.00 e. The van der Waals surface area contributed by atoms with E-state index in [2.05, 4.69) is 9.80 Å². The third kappa shape index (κ3) is 39.2. The number of piperazine rings is 6. The number of para-hydroxylation sites is 16. The number of quaternary nitrogens is 2. The monoisotopic (exact) mass is 2710 g/mol. The van der Waals surface area contributed by atoms with Crippen LogP contribution in [-0.2, 0) is 68.3 Å². The summed E-state index contributed by atoms with van der Waals surface area (Å²) in [7, 11) is 2.67. The number of hydrogen-bond donors (Lipinski definition) is 0. The van der Waals surface area contributed by atoms with E-state index in [0.717, 1.165) is 12.0 Å². The molecule has 15 rings (SSSR count). The van der Waals surface area contributed by atoms with Crippen LogP contribution in [0.25, 0.3) is 0 Å². The van der Waals surface area contributed by atoms with E-state index in [0.29, 0.717) is 103 Å². The van der Waals surface area contributed by atoms with E-state index >= 15 is 0 Å². The molecule has 0 atom stereocenters. The number of rotatable bonds is 32. The summed E-state index contributed by atoms with van der Waals surface area (Å²) in [6.07, 6.45) is 0. The summed E-state index contributed by atoms with van der Waals surface area (Å²) in [6, 6.07) is 74.0. The molecule has 0 aliphatic carbocycles. The van der Waals surface area contributed by atoms with Crippen LogP contribution in [0.4, 0.5) is 11.4 Å². The van der Waals surface area contributed by atoms with Crippen LogP contribution in [0.3, 0.4) is 0 Å². The second-order valence-electron chi connectivity index (χ2n) is 24.8. The molecule has 0 spiro atoms. The van der Waals surface area contributed by atoms with Gasteiger partial charge in [-0.1, -0.05) is 120 Å². The Labute approximate surface area is 902 Å². The number of nitriles is 4. The molecule has 0 amide bonds. The summed E-state index contributed by atoms with van der Waals surface area (Å²) in [5.41, 5.74) is 0.929. The Morgan fingerprint density at radius 2 is 0.381 bits per heavy atom. The van der Waals surface area contributed by atoms with Crippen LogP contribution in [0.15, 0.2) is 218 Å². The van der Waals surface area contributed by atoms with Crippen molar-refractivity contribution in [3.8, 4) is 116 Å². The molecule has 26 nitrogen and oxygen atoms in total. The summed E-state index contributed by atoms with van der Waals surface area (Å²) in [5, 5.41) is 29.3. The molecule has 9 aromatic rings. The van der Waals surface area contributed by atoms with Crippen molar-refractivity contribution in [1.82, 2.24) is 9.80 Å². The standard InChI is InChI=1S/C62H60N2O16P4.2C7H14ClN2.4C2H3N.4Cu.6HI/c1-65-47-25-9-17-33-55(47)73-81(74-56-34-18-10-26-48(56)66-2)63(82(75-57-35-19-11-27-49(57)67-3)76-58-36-20-12-28-50(58)68-4)45-41-43-46(44-42-45)64(83(77-59-37-21-13-29-51(59)69-5)78-60-38-22-14-30-52(60)70-6)84(79-61-39-23-15-31-53(61)71-7)80-62-40-24-16-32-54(62)72-8;2*8-7-10-4-1-9(2-5-10)3-6-10;4*1-2-3;;;;;;;;;;/h9-44H,1-8H3;2*1-7H2;4*1H3;;;;;6*1H/q;2*+1;;;;;4*+1;;;;;;/p-6. The molecule has 6 heterocycles. The number of anilines is 2. The molecular formula is C84H100Cl2Cu4I6N10O16P4. The molecule has 4 bridgehead atoms. The Morgan fingerprint density at radius 1 is 0.262 bits per heavy atom. The Bertz CT molecular complexity index is 3910. The van der Waals surface area contributed by atoms with Crippen LogP contribution in [-0.4, -0.2) is 166 Å². The first-order chi connectivity index (χ1) is 56.6. The summed E-state index contributed by atoms with van der Waals surface area (Å²) in [6.45, 7) is 21.0.